The standard InChI is InChI=1S/C57H36/c1-3-19-44(20-4-1)57(45-21-5-2-6-22-45)53-36-43(55-48-25-13-9-17-39(48)34-40-18-10-14-26-49(40)55)29-31-51(53)52-32-27-41-35-42(28-30-50(41)56(52)57)54-46-23-11-7-15-37(46)33-38-16-8-12-24-47(38)54/h1-36H. The van der Waals surface area contributed by atoms with Crippen molar-refractivity contribution in [2.24, 2.45) is 0 Å². The van der Waals surface area contributed by atoms with E-state index in [0.717, 1.165) is 0 Å². The molecular formula is C57H36. The van der Waals surface area contributed by atoms with Gasteiger partial charge in [0, 0.05) is 0 Å². The van der Waals surface area contributed by atoms with Crippen LogP contribution in [0.5, 0.6) is 0 Å². The molecule has 0 atom stereocenters. The van der Waals surface area contributed by atoms with E-state index in [1.54, 1.807) is 0 Å². The molecule has 0 aliphatic heterocycles. The van der Waals surface area contributed by atoms with Gasteiger partial charge in [0.25, 0.3) is 0 Å². The van der Waals surface area contributed by atoms with Gasteiger partial charge in [0.15, 0.2) is 0 Å². The van der Waals surface area contributed by atoms with Crippen molar-refractivity contribution < 1.29 is 0 Å². The first-order valence-corrected chi connectivity index (χ1v) is 19.9. The molecule has 0 radical (unpaired) electrons. The van der Waals surface area contributed by atoms with Gasteiger partial charge in [-0.05, 0) is 134 Å². The van der Waals surface area contributed by atoms with Crippen molar-refractivity contribution >= 4 is 53.9 Å². The van der Waals surface area contributed by atoms with E-state index in [9.17, 15) is 0 Å². The summed E-state index contributed by atoms with van der Waals surface area (Å²) in [6, 6.07) is 81.6. The summed E-state index contributed by atoms with van der Waals surface area (Å²) in [5, 5.41) is 12.7. The number of benzene rings is 11. The molecule has 12 rings (SSSR count). The van der Waals surface area contributed by atoms with E-state index in [2.05, 4.69) is 218 Å². The summed E-state index contributed by atoms with van der Waals surface area (Å²) in [4.78, 5) is 0. The van der Waals surface area contributed by atoms with Gasteiger partial charge in [0.2, 0.25) is 0 Å². The van der Waals surface area contributed by atoms with Crippen LogP contribution in [0.2, 0.25) is 0 Å². The van der Waals surface area contributed by atoms with Crippen LogP contribution in [0.25, 0.3) is 87.2 Å². The molecule has 1 aliphatic carbocycles. The largest absolute Gasteiger partial charge is 0.0719 e. The Bertz CT molecular complexity index is 3240. The van der Waals surface area contributed by atoms with Crippen LogP contribution in [-0.2, 0) is 5.41 Å². The van der Waals surface area contributed by atoms with E-state index in [0.29, 0.717) is 0 Å². The highest BCUT2D eigenvalue weighted by molar-refractivity contribution is 6.15. The molecule has 0 aromatic heterocycles. The first-order valence-electron chi connectivity index (χ1n) is 19.9. The molecule has 0 saturated carbocycles. The van der Waals surface area contributed by atoms with Crippen molar-refractivity contribution in [1.29, 1.82) is 0 Å². The molecule has 0 fully saturated rings. The molecule has 0 amide bonds. The lowest BCUT2D eigenvalue weighted by atomic mass is 9.66. The second kappa shape index (κ2) is 12.4. The summed E-state index contributed by atoms with van der Waals surface area (Å²) >= 11 is 0. The Morgan fingerprint density at radius 3 is 1.18 bits per heavy atom. The fourth-order valence-corrected chi connectivity index (χ4v) is 10.3. The molecule has 11 aromatic rings. The third-order valence-corrected chi connectivity index (χ3v) is 12.6. The van der Waals surface area contributed by atoms with E-state index in [1.807, 2.05) is 0 Å². The van der Waals surface area contributed by atoms with Gasteiger partial charge < -0.3 is 0 Å². The summed E-state index contributed by atoms with van der Waals surface area (Å²) in [5.74, 6) is 0. The van der Waals surface area contributed by atoms with E-state index in [1.165, 1.54) is 109 Å². The van der Waals surface area contributed by atoms with Crippen LogP contribution < -0.4 is 0 Å². The van der Waals surface area contributed by atoms with Gasteiger partial charge in [-0.1, -0.05) is 194 Å². The first kappa shape index (κ1) is 32.0. The summed E-state index contributed by atoms with van der Waals surface area (Å²) in [5.41, 5.74) is 12.3. The van der Waals surface area contributed by atoms with Crippen molar-refractivity contribution in [3.63, 3.8) is 0 Å². The average Bonchev–Trinajstić information content (AvgIpc) is 3.58. The molecule has 11 aromatic carbocycles. The minimum Gasteiger partial charge on any atom is -0.0622 e. The highest BCUT2D eigenvalue weighted by atomic mass is 14.5. The number of rotatable bonds is 4. The van der Waals surface area contributed by atoms with Crippen molar-refractivity contribution in [2.45, 2.75) is 5.41 Å². The van der Waals surface area contributed by atoms with E-state index < -0.39 is 5.41 Å². The molecular weight excluding hydrogens is 685 g/mol. The van der Waals surface area contributed by atoms with Gasteiger partial charge in [0.05, 0.1) is 5.41 Å². The SMILES string of the molecule is c1ccc(C2(c3ccccc3)c3cc(-c4c5ccccc5cc5ccccc45)ccc3-c3ccc4cc(-c5c6ccccc6cc6ccccc56)ccc4c32)cc1. The third-order valence-electron chi connectivity index (χ3n) is 12.6. The van der Waals surface area contributed by atoms with Crippen LogP contribution in [0.1, 0.15) is 22.3 Å². The summed E-state index contributed by atoms with van der Waals surface area (Å²) in [6.07, 6.45) is 0. The topological polar surface area (TPSA) is 0 Å². The zero-order valence-corrected chi connectivity index (χ0v) is 31.3. The average molecular weight is 721 g/mol. The quantitative estimate of drug-likeness (QED) is 0.159. The summed E-state index contributed by atoms with van der Waals surface area (Å²) in [7, 11) is 0. The number of hydrogen-bond donors (Lipinski definition) is 0. The minimum atomic E-state index is -0.559. The predicted octanol–water partition coefficient (Wildman–Crippen LogP) is 15.1. The lowest BCUT2D eigenvalue weighted by Crippen LogP contribution is -2.28. The monoisotopic (exact) mass is 720 g/mol. The zero-order chi connectivity index (χ0) is 37.5. The zero-order valence-electron chi connectivity index (χ0n) is 31.3. The van der Waals surface area contributed by atoms with Gasteiger partial charge in [0.1, 0.15) is 0 Å². The van der Waals surface area contributed by atoms with Crippen molar-refractivity contribution in [3.05, 3.63) is 241 Å². The smallest absolute Gasteiger partial charge is 0.0622 e. The Morgan fingerprint density at radius 1 is 0.263 bits per heavy atom. The highest BCUT2D eigenvalue weighted by Gasteiger charge is 2.47. The van der Waals surface area contributed by atoms with Crippen LogP contribution in [0.15, 0.2) is 218 Å². The van der Waals surface area contributed by atoms with Gasteiger partial charge in [-0.25, -0.2) is 0 Å². The maximum absolute atomic E-state index is 2.52. The molecule has 264 valence electrons. The van der Waals surface area contributed by atoms with Crippen LogP contribution in [0.3, 0.4) is 0 Å². The van der Waals surface area contributed by atoms with Crippen LogP contribution in [0, 0.1) is 0 Å². The summed E-state index contributed by atoms with van der Waals surface area (Å²) in [6.45, 7) is 0. The van der Waals surface area contributed by atoms with Gasteiger partial charge in [-0.2, -0.15) is 0 Å². The van der Waals surface area contributed by atoms with Crippen LogP contribution in [0.4, 0.5) is 0 Å². The van der Waals surface area contributed by atoms with Crippen molar-refractivity contribution in [3.8, 4) is 33.4 Å². The number of hydrogen-bond acceptors (Lipinski definition) is 0. The Labute approximate surface area is 331 Å². The molecule has 0 heterocycles. The molecule has 57 heavy (non-hydrogen) atoms. The van der Waals surface area contributed by atoms with Gasteiger partial charge in [-0.15, -0.1) is 0 Å². The van der Waals surface area contributed by atoms with Crippen LogP contribution in [-0.4, -0.2) is 0 Å². The Morgan fingerprint density at radius 2 is 0.667 bits per heavy atom. The molecule has 0 saturated heterocycles. The van der Waals surface area contributed by atoms with Crippen LogP contribution >= 0.6 is 0 Å². The van der Waals surface area contributed by atoms with E-state index in [-0.39, 0.29) is 0 Å². The maximum atomic E-state index is 2.52. The van der Waals surface area contributed by atoms with Gasteiger partial charge in [-0.3, -0.25) is 0 Å². The lowest BCUT2D eigenvalue weighted by molar-refractivity contribution is 0.776. The molecule has 0 nitrogen and oxygen atoms in total. The minimum absolute atomic E-state index is 0.559. The summed E-state index contributed by atoms with van der Waals surface area (Å²) < 4.78 is 0. The third kappa shape index (κ3) is 4.62. The molecule has 1 aliphatic rings. The highest BCUT2D eigenvalue weighted by Crippen LogP contribution is 2.59. The fourth-order valence-electron chi connectivity index (χ4n) is 10.3. The van der Waals surface area contributed by atoms with E-state index >= 15 is 0 Å². The first-order chi connectivity index (χ1) is 28.3. The van der Waals surface area contributed by atoms with E-state index in [4.69, 9.17) is 0 Å². The molecule has 0 bridgehead atoms. The fraction of sp³-hybridized carbons (Fsp3) is 0.0175. The Hall–Kier alpha value is -7.28. The maximum Gasteiger partial charge on any atom is 0.0719 e. The van der Waals surface area contributed by atoms with Crippen molar-refractivity contribution in [2.75, 3.05) is 0 Å². The normalized spacial score (nSPS) is 13.1. The second-order valence-corrected chi connectivity index (χ2v) is 15.6. The Balaban J connectivity index is 1.17. The lowest BCUT2D eigenvalue weighted by Gasteiger charge is -2.35. The van der Waals surface area contributed by atoms with Crippen molar-refractivity contribution in [1.82, 2.24) is 0 Å². The van der Waals surface area contributed by atoms with Gasteiger partial charge >= 0.3 is 0 Å². The molecule has 0 spiro atoms. The second-order valence-electron chi connectivity index (χ2n) is 15.6. The molecule has 0 unspecified atom stereocenters. The molecule has 0 heteroatoms. The predicted molar refractivity (Wildman–Crippen MR) is 242 cm³/mol. The molecule has 0 N–H and O–H groups in total. The number of fused-ring (bicyclic) bond motifs is 9. The Kier molecular flexibility index (Phi) is 6.94.